The first-order chi connectivity index (χ1) is 21.9. The second kappa shape index (κ2) is 15.1. The van der Waals surface area contributed by atoms with E-state index in [-0.39, 0.29) is 55.3 Å². The third kappa shape index (κ3) is 12.0. The summed E-state index contributed by atoms with van der Waals surface area (Å²) < 4.78 is 11.0. The number of anilines is 6. The minimum absolute atomic E-state index is 0.0810. The molecule has 3 rings (SSSR count). The third-order valence-corrected chi connectivity index (χ3v) is 5.70. The van der Waals surface area contributed by atoms with Gasteiger partial charge in [-0.05, 0) is 72.7 Å². The Bertz CT molecular complexity index is 1460. The molecule has 0 aliphatic carbocycles. The van der Waals surface area contributed by atoms with Gasteiger partial charge in [-0.25, -0.2) is 19.6 Å². The summed E-state index contributed by atoms with van der Waals surface area (Å²) in [5.74, 6) is -0.572. The zero-order valence-electron chi connectivity index (χ0n) is 27.5. The average Bonchev–Trinajstić information content (AvgIpc) is 2.93. The van der Waals surface area contributed by atoms with E-state index in [1.54, 1.807) is 72.7 Å². The molecule has 0 aromatic carbocycles. The minimum Gasteiger partial charge on any atom is -0.443 e. The Morgan fingerprint density at radius 1 is 0.681 bits per heavy atom. The summed E-state index contributed by atoms with van der Waals surface area (Å²) in [7, 11) is 0. The quantitative estimate of drug-likeness (QED) is 0.245. The van der Waals surface area contributed by atoms with Crippen LogP contribution in [-0.2, 0) is 19.1 Å². The highest BCUT2D eigenvalue weighted by Gasteiger charge is 2.26. The molecule has 252 valence electrons. The summed E-state index contributed by atoms with van der Waals surface area (Å²) in [6.45, 7) is 11.7. The number of hydrogen-bond acceptors (Lipinski definition) is 13. The Labute approximate surface area is 272 Å². The fraction of sp³-hybridized carbons (Fsp3) is 0.433. The summed E-state index contributed by atoms with van der Waals surface area (Å²) >= 11 is 0. The number of nitrogens with two attached hydrogens (primary N) is 2. The Morgan fingerprint density at radius 3 is 1.38 bits per heavy atom. The summed E-state index contributed by atoms with van der Waals surface area (Å²) in [6.07, 6.45) is 1.05. The Balaban J connectivity index is 1.65. The maximum absolute atomic E-state index is 12.9. The molecule has 6 N–H and O–H groups in total. The van der Waals surface area contributed by atoms with Crippen LogP contribution in [-0.4, -0.2) is 73.2 Å². The van der Waals surface area contributed by atoms with Crippen molar-refractivity contribution in [2.75, 3.05) is 45.0 Å². The molecule has 0 radical (unpaired) electrons. The van der Waals surface area contributed by atoms with Gasteiger partial charge in [0.05, 0.1) is 23.8 Å². The molecule has 0 atom stereocenters. The van der Waals surface area contributed by atoms with Crippen LogP contribution in [0.15, 0.2) is 36.7 Å². The van der Waals surface area contributed by atoms with Gasteiger partial charge in [0, 0.05) is 25.9 Å². The summed E-state index contributed by atoms with van der Waals surface area (Å²) in [5.41, 5.74) is 10.7. The zero-order chi connectivity index (χ0) is 34.9. The third-order valence-electron chi connectivity index (χ3n) is 5.70. The minimum atomic E-state index is -0.782. The molecule has 17 nitrogen and oxygen atoms in total. The van der Waals surface area contributed by atoms with Crippen LogP contribution in [0.5, 0.6) is 0 Å². The molecule has 3 aromatic rings. The number of nitrogens with one attached hydrogen (secondary N) is 2. The maximum Gasteiger partial charge on any atom is 0.416 e. The molecule has 0 saturated carbocycles. The molecule has 0 aliphatic rings. The predicted molar refractivity (Wildman–Crippen MR) is 176 cm³/mol. The molecular formula is C30H41N11O6. The number of hydrogen-bond donors (Lipinski definition) is 4. The lowest BCUT2D eigenvalue weighted by atomic mass is 10.2. The monoisotopic (exact) mass is 651 g/mol. The van der Waals surface area contributed by atoms with Crippen molar-refractivity contribution in [1.82, 2.24) is 24.9 Å². The summed E-state index contributed by atoms with van der Waals surface area (Å²) in [5, 5.41) is 5.11. The molecule has 0 saturated heterocycles. The van der Waals surface area contributed by atoms with Gasteiger partial charge in [0.2, 0.25) is 23.7 Å². The number of carbonyl (C=O) groups excluding carboxylic acids is 4. The van der Waals surface area contributed by atoms with Gasteiger partial charge in [-0.2, -0.15) is 15.0 Å². The number of rotatable bonds is 10. The van der Waals surface area contributed by atoms with E-state index in [1.165, 1.54) is 22.2 Å². The van der Waals surface area contributed by atoms with Crippen molar-refractivity contribution in [2.45, 2.75) is 72.5 Å². The van der Waals surface area contributed by atoms with E-state index in [4.69, 9.17) is 20.9 Å². The van der Waals surface area contributed by atoms with Crippen molar-refractivity contribution in [2.24, 2.45) is 0 Å². The molecule has 3 aromatic heterocycles. The molecule has 0 bridgehead atoms. The normalized spacial score (nSPS) is 11.3. The van der Waals surface area contributed by atoms with E-state index in [9.17, 15) is 19.2 Å². The highest BCUT2D eigenvalue weighted by Crippen LogP contribution is 2.19. The Morgan fingerprint density at radius 2 is 1.06 bits per heavy atom. The van der Waals surface area contributed by atoms with Gasteiger partial charge >= 0.3 is 12.2 Å². The van der Waals surface area contributed by atoms with Crippen molar-refractivity contribution in [1.29, 1.82) is 0 Å². The maximum atomic E-state index is 12.9. The first-order valence-corrected chi connectivity index (χ1v) is 14.6. The van der Waals surface area contributed by atoms with Gasteiger partial charge in [0.15, 0.2) is 0 Å². The van der Waals surface area contributed by atoms with Crippen molar-refractivity contribution < 1.29 is 28.7 Å². The molecule has 4 amide bonds. The molecule has 17 heteroatoms. The second-order valence-electron chi connectivity index (χ2n) is 12.3. The summed E-state index contributed by atoms with van der Waals surface area (Å²) in [4.78, 5) is 74.6. The lowest BCUT2D eigenvalue weighted by molar-refractivity contribution is -0.116. The standard InChI is InChI=1S/C30H41N11O6/c1-18-35-25(37-23(42)12-14-40(27(44)46-29(2,3)4)21-10-8-19(31)16-33-21)39-26(36-18)38-24(43)13-15-41(28(45)47-30(5,6)7)22-11-9-20(32)17-34-22/h8-11,16-17H,12-15,31-32H2,1-7H3,(H2,35,36,37,38,39,42,43). The lowest BCUT2D eigenvalue weighted by Gasteiger charge is -2.26. The van der Waals surface area contributed by atoms with Gasteiger partial charge in [0.1, 0.15) is 28.7 Å². The first-order valence-electron chi connectivity index (χ1n) is 14.6. The molecule has 3 heterocycles. The van der Waals surface area contributed by atoms with Gasteiger partial charge in [-0.15, -0.1) is 0 Å². The number of nitrogens with zero attached hydrogens (tertiary/aromatic N) is 7. The van der Waals surface area contributed by atoms with Gasteiger partial charge in [-0.1, -0.05) is 0 Å². The molecule has 0 spiro atoms. The van der Waals surface area contributed by atoms with E-state index in [0.29, 0.717) is 11.4 Å². The van der Waals surface area contributed by atoms with E-state index < -0.39 is 35.2 Å². The summed E-state index contributed by atoms with van der Waals surface area (Å²) in [6, 6.07) is 6.24. The predicted octanol–water partition coefficient (Wildman–Crippen LogP) is 3.68. The highest BCUT2D eigenvalue weighted by molar-refractivity contribution is 5.93. The average molecular weight is 652 g/mol. The molecule has 0 aliphatic heterocycles. The van der Waals surface area contributed by atoms with Crippen molar-refractivity contribution in [3.63, 3.8) is 0 Å². The van der Waals surface area contributed by atoms with E-state index >= 15 is 0 Å². The Hall–Kier alpha value is -5.61. The van der Waals surface area contributed by atoms with E-state index in [1.807, 2.05) is 0 Å². The first kappa shape index (κ1) is 35.9. The topological polar surface area (TPSA) is 234 Å². The van der Waals surface area contributed by atoms with Crippen LogP contribution in [0, 0.1) is 6.92 Å². The lowest BCUT2D eigenvalue weighted by Crippen LogP contribution is -2.39. The number of ether oxygens (including phenoxy) is 2. The molecule has 0 fully saturated rings. The van der Waals surface area contributed by atoms with Crippen LogP contribution >= 0.6 is 0 Å². The number of amides is 4. The SMILES string of the molecule is Cc1nc(NC(=O)CCN(C(=O)OC(C)(C)C)c2ccc(N)cn2)nc(NC(=O)CCN(C(=O)OC(C)(C)C)c2ccc(N)cn2)n1. The molecule has 0 unspecified atom stereocenters. The Kier molecular flexibility index (Phi) is 11.5. The van der Waals surface area contributed by atoms with Crippen molar-refractivity contribution in [3.05, 3.63) is 42.5 Å². The van der Waals surface area contributed by atoms with Crippen molar-refractivity contribution >= 4 is 58.9 Å². The van der Waals surface area contributed by atoms with E-state index in [0.717, 1.165) is 0 Å². The fourth-order valence-electron chi connectivity index (χ4n) is 3.74. The van der Waals surface area contributed by atoms with Crippen molar-refractivity contribution in [3.8, 4) is 0 Å². The number of pyridine rings is 2. The molecular weight excluding hydrogens is 610 g/mol. The van der Waals surface area contributed by atoms with Crippen LogP contribution in [0.25, 0.3) is 0 Å². The number of carbonyl (C=O) groups is 4. The van der Waals surface area contributed by atoms with Crippen LogP contribution in [0.3, 0.4) is 0 Å². The van der Waals surface area contributed by atoms with Crippen LogP contribution in [0.4, 0.5) is 44.5 Å². The van der Waals surface area contributed by atoms with Crippen LogP contribution in [0.2, 0.25) is 0 Å². The van der Waals surface area contributed by atoms with Crippen LogP contribution in [0.1, 0.15) is 60.2 Å². The van der Waals surface area contributed by atoms with Gasteiger partial charge < -0.3 is 20.9 Å². The second-order valence-corrected chi connectivity index (χ2v) is 12.3. The van der Waals surface area contributed by atoms with Gasteiger partial charge in [-0.3, -0.25) is 30.0 Å². The van der Waals surface area contributed by atoms with E-state index in [2.05, 4.69) is 35.6 Å². The smallest absolute Gasteiger partial charge is 0.416 e. The largest absolute Gasteiger partial charge is 0.443 e. The highest BCUT2D eigenvalue weighted by atomic mass is 16.6. The number of aryl methyl sites for hydroxylation is 1. The number of aromatic nitrogens is 5. The van der Waals surface area contributed by atoms with Gasteiger partial charge in [0.25, 0.3) is 0 Å². The van der Waals surface area contributed by atoms with Crippen LogP contribution < -0.4 is 31.9 Å². The molecule has 47 heavy (non-hydrogen) atoms. The number of nitrogen functional groups attached to an aromatic ring is 2. The zero-order valence-corrected chi connectivity index (χ0v) is 27.5. The fourth-order valence-corrected chi connectivity index (χ4v) is 3.74.